The van der Waals surface area contributed by atoms with Gasteiger partial charge in [-0.1, -0.05) is 32.6 Å². The van der Waals surface area contributed by atoms with Crippen LogP contribution in [0.5, 0.6) is 0 Å². The van der Waals surface area contributed by atoms with Crippen molar-refractivity contribution in [2.45, 2.75) is 39.0 Å². The first-order valence-corrected chi connectivity index (χ1v) is 4.07. The first kappa shape index (κ1) is 9.92. The third kappa shape index (κ3) is 7.92. The van der Waals surface area contributed by atoms with Gasteiger partial charge in [-0.3, -0.25) is 0 Å². The molecular weight excluding hydrogens is 128 g/mol. The highest BCUT2D eigenvalue weighted by molar-refractivity contribution is 4.39. The van der Waals surface area contributed by atoms with Crippen LogP contribution in [0, 0.1) is 0 Å². The molecule has 0 amide bonds. The van der Waals surface area contributed by atoms with Crippen LogP contribution in [0.1, 0.15) is 39.0 Å². The summed E-state index contributed by atoms with van der Waals surface area (Å²) in [7, 11) is 1.55. The van der Waals surface area contributed by atoms with Gasteiger partial charge in [-0.05, 0) is 6.42 Å². The first-order valence-electron chi connectivity index (χ1n) is 4.07. The molecule has 2 nitrogen and oxygen atoms in total. The summed E-state index contributed by atoms with van der Waals surface area (Å²) in [6.45, 7) is 2.95. The number of hydrogen-bond acceptors (Lipinski definition) is 2. The SMILES string of the molecule is CCCCCCCOOC. The van der Waals surface area contributed by atoms with Crippen LogP contribution in [-0.2, 0) is 9.78 Å². The molecule has 0 heterocycles. The molecular formula is C8H18O2. The van der Waals surface area contributed by atoms with E-state index in [0.717, 1.165) is 13.0 Å². The van der Waals surface area contributed by atoms with Crippen LogP contribution in [0.3, 0.4) is 0 Å². The molecule has 0 N–H and O–H groups in total. The van der Waals surface area contributed by atoms with Crippen molar-refractivity contribution in [2.75, 3.05) is 13.7 Å². The Morgan fingerprint density at radius 2 is 1.70 bits per heavy atom. The average molecular weight is 146 g/mol. The Labute approximate surface area is 63.5 Å². The molecule has 0 saturated heterocycles. The van der Waals surface area contributed by atoms with Crippen molar-refractivity contribution < 1.29 is 9.78 Å². The minimum atomic E-state index is 0.736. The normalized spacial score (nSPS) is 10.2. The molecule has 0 fully saturated rings. The topological polar surface area (TPSA) is 18.5 Å². The number of hydrogen-bond donors (Lipinski definition) is 0. The molecule has 62 valence electrons. The molecule has 0 spiro atoms. The van der Waals surface area contributed by atoms with Crippen LogP contribution in [0.4, 0.5) is 0 Å². The lowest BCUT2D eigenvalue weighted by Crippen LogP contribution is -1.92. The molecule has 0 rings (SSSR count). The minimum Gasteiger partial charge on any atom is -0.240 e. The molecule has 0 aromatic heterocycles. The Hall–Kier alpha value is -0.0800. The van der Waals surface area contributed by atoms with Crippen LogP contribution in [-0.4, -0.2) is 13.7 Å². The van der Waals surface area contributed by atoms with Crippen molar-refractivity contribution in [2.24, 2.45) is 0 Å². The van der Waals surface area contributed by atoms with E-state index in [1.807, 2.05) is 0 Å². The minimum absolute atomic E-state index is 0.736. The summed E-state index contributed by atoms with van der Waals surface area (Å²) in [6, 6.07) is 0. The van der Waals surface area contributed by atoms with Gasteiger partial charge >= 0.3 is 0 Å². The fraction of sp³-hybridized carbons (Fsp3) is 1.00. The zero-order chi connectivity index (χ0) is 7.66. The van der Waals surface area contributed by atoms with Crippen LogP contribution in [0.25, 0.3) is 0 Å². The van der Waals surface area contributed by atoms with E-state index in [4.69, 9.17) is 4.89 Å². The van der Waals surface area contributed by atoms with Gasteiger partial charge in [0.15, 0.2) is 0 Å². The lowest BCUT2D eigenvalue weighted by molar-refractivity contribution is -0.272. The summed E-state index contributed by atoms with van der Waals surface area (Å²) in [6.07, 6.45) is 6.34. The van der Waals surface area contributed by atoms with Crippen molar-refractivity contribution in [1.82, 2.24) is 0 Å². The second-order valence-electron chi connectivity index (χ2n) is 2.40. The zero-order valence-corrected chi connectivity index (χ0v) is 7.06. The maximum Gasteiger partial charge on any atom is 0.0822 e. The highest BCUT2D eigenvalue weighted by Gasteiger charge is 1.88. The highest BCUT2D eigenvalue weighted by Crippen LogP contribution is 2.01. The van der Waals surface area contributed by atoms with Crippen molar-refractivity contribution >= 4 is 0 Å². The Morgan fingerprint density at radius 3 is 2.30 bits per heavy atom. The van der Waals surface area contributed by atoms with E-state index in [1.165, 1.54) is 25.7 Å². The van der Waals surface area contributed by atoms with E-state index in [2.05, 4.69) is 11.8 Å². The number of unbranched alkanes of at least 4 members (excludes halogenated alkanes) is 4. The van der Waals surface area contributed by atoms with Gasteiger partial charge in [0, 0.05) is 0 Å². The molecule has 0 unspecified atom stereocenters. The van der Waals surface area contributed by atoms with Crippen LogP contribution >= 0.6 is 0 Å². The Morgan fingerprint density at radius 1 is 1.00 bits per heavy atom. The summed E-state index contributed by atoms with van der Waals surface area (Å²) in [5.41, 5.74) is 0. The van der Waals surface area contributed by atoms with E-state index in [9.17, 15) is 0 Å². The summed E-state index contributed by atoms with van der Waals surface area (Å²) >= 11 is 0. The Bertz CT molecular complexity index is 47.2. The summed E-state index contributed by atoms with van der Waals surface area (Å²) < 4.78 is 0. The van der Waals surface area contributed by atoms with E-state index in [1.54, 1.807) is 7.11 Å². The third-order valence-electron chi connectivity index (χ3n) is 1.45. The molecule has 10 heavy (non-hydrogen) atoms. The molecule has 0 atom stereocenters. The van der Waals surface area contributed by atoms with Crippen LogP contribution in [0.2, 0.25) is 0 Å². The van der Waals surface area contributed by atoms with Gasteiger partial charge in [0.2, 0.25) is 0 Å². The monoisotopic (exact) mass is 146 g/mol. The summed E-state index contributed by atoms with van der Waals surface area (Å²) in [5.74, 6) is 0. The van der Waals surface area contributed by atoms with Crippen molar-refractivity contribution in [3.8, 4) is 0 Å². The second-order valence-corrected chi connectivity index (χ2v) is 2.40. The van der Waals surface area contributed by atoms with Gasteiger partial charge in [-0.25, -0.2) is 9.78 Å². The Kier molecular flexibility index (Phi) is 8.85. The standard InChI is InChI=1S/C8H18O2/c1-3-4-5-6-7-8-10-9-2/h3-8H2,1-2H3. The number of rotatable bonds is 7. The molecule has 0 aromatic rings. The molecule has 0 bridgehead atoms. The Balaban J connectivity index is 2.65. The van der Waals surface area contributed by atoms with E-state index in [-0.39, 0.29) is 0 Å². The first-order chi connectivity index (χ1) is 4.91. The maximum absolute atomic E-state index is 4.71. The summed E-state index contributed by atoms with van der Waals surface area (Å²) in [4.78, 5) is 9.16. The van der Waals surface area contributed by atoms with Crippen molar-refractivity contribution in [1.29, 1.82) is 0 Å². The van der Waals surface area contributed by atoms with Gasteiger partial charge in [0.05, 0.1) is 13.7 Å². The molecule has 0 saturated carbocycles. The molecule has 0 radical (unpaired) electrons. The maximum atomic E-state index is 4.71. The van der Waals surface area contributed by atoms with Gasteiger partial charge in [0.1, 0.15) is 0 Å². The largest absolute Gasteiger partial charge is 0.240 e. The van der Waals surface area contributed by atoms with Gasteiger partial charge in [-0.2, -0.15) is 0 Å². The van der Waals surface area contributed by atoms with Gasteiger partial charge in [-0.15, -0.1) is 0 Å². The lowest BCUT2D eigenvalue weighted by atomic mass is 10.2. The predicted octanol–water partition coefficient (Wildman–Crippen LogP) is 2.53. The average Bonchev–Trinajstić information content (AvgIpc) is 1.97. The molecule has 0 aliphatic rings. The smallest absolute Gasteiger partial charge is 0.0822 e. The molecule has 0 aliphatic carbocycles. The molecule has 2 heteroatoms. The van der Waals surface area contributed by atoms with Gasteiger partial charge < -0.3 is 0 Å². The van der Waals surface area contributed by atoms with E-state index in [0.29, 0.717) is 0 Å². The molecule has 0 aliphatic heterocycles. The highest BCUT2D eigenvalue weighted by atomic mass is 17.2. The van der Waals surface area contributed by atoms with Crippen molar-refractivity contribution in [3.05, 3.63) is 0 Å². The van der Waals surface area contributed by atoms with E-state index < -0.39 is 0 Å². The zero-order valence-electron chi connectivity index (χ0n) is 7.06. The van der Waals surface area contributed by atoms with Crippen LogP contribution < -0.4 is 0 Å². The molecule has 0 aromatic carbocycles. The lowest BCUT2D eigenvalue weighted by Gasteiger charge is -1.98. The fourth-order valence-corrected chi connectivity index (χ4v) is 0.848. The van der Waals surface area contributed by atoms with E-state index >= 15 is 0 Å². The predicted molar refractivity (Wildman–Crippen MR) is 41.7 cm³/mol. The fourth-order valence-electron chi connectivity index (χ4n) is 0.848. The summed E-state index contributed by atoms with van der Waals surface area (Å²) in [5, 5.41) is 0. The van der Waals surface area contributed by atoms with Crippen LogP contribution in [0.15, 0.2) is 0 Å². The quantitative estimate of drug-likeness (QED) is 0.312. The second kappa shape index (κ2) is 8.92. The third-order valence-corrected chi connectivity index (χ3v) is 1.45. The van der Waals surface area contributed by atoms with Gasteiger partial charge in [0.25, 0.3) is 0 Å². The van der Waals surface area contributed by atoms with Crippen molar-refractivity contribution in [3.63, 3.8) is 0 Å².